The van der Waals surface area contributed by atoms with Crippen LogP contribution in [-0.4, -0.2) is 26.1 Å². The van der Waals surface area contributed by atoms with Gasteiger partial charge in [0.1, 0.15) is 5.82 Å². The van der Waals surface area contributed by atoms with Crippen molar-refractivity contribution in [2.45, 2.75) is 33.1 Å². The number of nitrogens with one attached hydrogen (secondary N) is 1. The van der Waals surface area contributed by atoms with Crippen molar-refractivity contribution in [1.82, 2.24) is 19.6 Å². The number of fused-ring (bicyclic) bond motifs is 1. The number of anilines is 1. The van der Waals surface area contributed by atoms with Crippen LogP contribution < -0.4 is 5.32 Å². The molecule has 0 fully saturated rings. The quantitative estimate of drug-likeness (QED) is 0.749. The smallest absolute Gasteiger partial charge is 0.254 e. The van der Waals surface area contributed by atoms with E-state index in [0.717, 1.165) is 48.2 Å². The first-order valence-electron chi connectivity index (χ1n) is 7.87. The molecule has 0 aliphatic carbocycles. The molecule has 6 heteroatoms. The maximum absolute atomic E-state index is 5.91. The van der Waals surface area contributed by atoms with Gasteiger partial charge < -0.3 is 5.32 Å². The van der Waals surface area contributed by atoms with Crippen LogP contribution in [0.4, 0.5) is 5.82 Å². The van der Waals surface area contributed by atoms with Gasteiger partial charge in [0.05, 0.1) is 0 Å². The minimum atomic E-state index is 0.655. The highest BCUT2D eigenvalue weighted by atomic mass is 35.5. The van der Waals surface area contributed by atoms with E-state index in [1.54, 1.807) is 4.52 Å². The summed E-state index contributed by atoms with van der Waals surface area (Å²) in [5, 5.41) is 8.74. The van der Waals surface area contributed by atoms with Crippen molar-refractivity contribution in [1.29, 1.82) is 0 Å². The molecule has 1 aromatic carbocycles. The van der Waals surface area contributed by atoms with Crippen LogP contribution in [0.1, 0.15) is 30.4 Å². The van der Waals surface area contributed by atoms with Gasteiger partial charge in [-0.3, -0.25) is 0 Å². The van der Waals surface area contributed by atoms with E-state index in [1.165, 1.54) is 5.56 Å². The fourth-order valence-corrected chi connectivity index (χ4v) is 2.60. The Balaban J connectivity index is 1.74. The Bertz CT molecular complexity index is 795. The van der Waals surface area contributed by atoms with Gasteiger partial charge in [0.15, 0.2) is 5.82 Å². The molecule has 0 aliphatic rings. The van der Waals surface area contributed by atoms with Gasteiger partial charge in [-0.2, -0.15) is 9.50 Å². The monoisotopic (exact) mass is 329 g/mol. The Labute approximate surface area is 140 Å². The summed E-state index contributed by atoms with van der Waals surface area (Å²) in [7, 11) is 0. The van der Waals surface area contributed by atoms with Crippen LogP contribution in [0.25, 0.3) is 5.78 Å². The lowest BCUT2D eigenvalue weighted by Crippen LogP contribution is -2.10. The lowest BCUT2D eigenvalue weighted by atomic mass is 10.1. The molecule has 3 aromatic rings. The highest BCUT2D eigenvalue weighted by Crippen LogP contribution is 2.13. The Morgan fingerprint density at radius 3 is 2.65 bits per heavy atom. The predicted octanol–water partition coefficient (Wildman–Crippen LogP) is 3.69. The van der Waals surface area contributed by atoms with E-state index in [4.69, 9.17) is 11.6 Å². The van der Waals surface area contributed by atoms with Crippen LogP contribution in [0.5, 0.6) is 0 Å². The zero-order valence-electron chi connectivity index (χ0n) is 13.4. The third kappa shape index (κ3) is 3.79. The zero-order valence-corrected chi connectivity index (χ0v) is 14.1. The average molecular weight is 330 g/mol. The highest BCUT2D eigenvalue weighted by molar-refractivity contribution is 6.30. The molecule has 2 aromatic heterocycles. The van der Waals surface area contributed by atoms with E-state index in [0.29, 0.717) is 5.78 Å². The second-order valence-electron chi connectivity index (χ2n) is 5.58. The van der Waals surface area contributed by atoms with Crippen molar-refractivity contribution in [2.75, 3.05) is 11.9 Å². The van der Waals surface area contributed by atoms with Crippen LogP contribution >= 0.6 is 11.6 Å². The van der Waals surface area contributed by atoms with Crippen LogP contribution in [0.3, 0.4) is 0 Å². The normalized spacial score (nSPS) is 11.1. The summed E-state index contributed by atoms with van der Waals surface area (Å²) in [5.41, 5.74) is 2.18. The molecular formula is C17H20ClN5. The molecule has 0 radical (unpaired) electrons. The highest BCUT2D eigenvalue weighted by Gasteiger charge is 2.09. The Kier molecular flexibility index (Phi) is 4.76. The number of aromatic nitrogens is 4. The van der Waals surface area contributed by atoms with Crippen molar-refractivity contribution >= 4 is 23.2 Å². The van der Waals surface area contributed by atoms with Gasteiger partial charge in [-0.05, 0) is 37.5 Å². The first kappa shape index (κ1) is 15.7. The largest absolute Gasteiger partial charge is 0.370 e. The van der Waals surface area contributed by atoms with Crippen molar-refractivity contribution < 1.29 is 0 Å². The van der Waals surface area contributed by atoms with E-state index in [1.807, 2.05) is 37.3 Å². The molecule has 0 aliphatic heterocycles. The predicted molar refractivity (Wildman–Crippen MR) is 93.2 cm³/mol. The van der Waals surface area contributed by atoms with Crippen molar-refractivity contribution in [2.24, 2.45) is 0 Å². The molecule has 0 amide bonds. The molecule has 0 saturated heterocycles. The maximum Gasteiger partial charge on any atom is 0.254 e. The lowest BCUT2D eigenvalue weighted by molar-refractivity contribution is 0.815. The third-order valence-corrected chi connectivity index (χ3v) is 3.84. The van der Waals surface area contributed by atoms with Crippen LogP contribution in [0.15, 0.2) is 30.3 Å². The Morgan fingerprint density at radius 1 is 1.13 bits per heavy atom. The Morgan fingerprint density at radius 2 is 1.91 bits per heavy atom. The second kappa shape index (κ2) is 6.96. The molecule has 0 spiro atoms. The molecule has 0 atom stereocenters. The van der Waals surface area contributed by atoms with E-state index in [2.05, 4.69) is 27.3 Å². The minimum Gasteiger partial charge on any atom is -0.370 e. The summed E-state index contributed by atoms with van der Waals surface area (Å²) in [6.45, 7) is 4.90. The van der Waals surface area contributed by atoms with Crippen LogP contribution in [0, 0.1) is 6.92 Å². The molecule has 1 N–H and O–H groups in total. The molecule has 0 bridgehead atoms. The number of nitrogens with zero attached hydrogens (tertiary/aromatic N) is 4. The second-order valence-corrected chi connectivity index (χ2v) is 6.01. The summed E-state index contributed by atoms with van der Waals surface area (Å²) in [6.07, 6.45) is 2.80. The van der Waals surface area contributed by atoms with Crippen LogP contribution in [-0.2, 0) is 12.8 Å². The summed E-state index contributed by atoms with van der Waals surface area (Å²) < 4.78 is 1.79. The first-order chi connectivity index (χ1) is 11.2. The molecule has 2 heterocycles. The van der Waals surface area contributed by atoms with E-state index < -0.39 is 0 Å². The van der Waals surface area contributed by atoms with Crippen molar-refractivity contribution in [3.63, 3.8) is 0 Å². The fourth-order valence-electron chi connectivity index (χ4n) is 2.47. The standard InChI is InChI=1S/C17H20ClN5/c1-3-4-15-21-17-20-12(2)11-16(23(17)22-15)19-10-9-13-5-7-14(18)8-6-13/h5-8,11,19H,3-4,9-10H2,1-2H3. The number of halogens is 1. The third-order valence-electron chi connectivity index (χ3n) is 3.59. The molecule has 23 heavy (non-hydrogen) atoms. The fraction of sp³-hybridized carbons (Fsp3) is 0.353. The van der Waals surface area contributed by atoms with Gasteiger partial charge in [-0.1, -0.05) is 30.7 Å². The number of aryl methyl sites for hydroxylation is 2. The number of benzene rings is 1. The topological polar surface area (TPSA) is 55.1 Å². The van der Waals surface area contributed by atoms with E-state index >= 15 is 0 Å². The minimum absolute atomic E-state index is 0.655. The summed E-state index contributed by atoms with van der Waals surface area (Å²) in [6, 6.07) is 9.93. The average Bonchev–Trinajstić information content (AvgIpc) is 2.92. The van der Waals surface area contributed by atoms with E-state index in [-0.39, 0.29) is 0 Å². The summed E-state index contributed by atoms with van der Waals surface area (Å²) in [5.74, 6) is 2.42. The summed E-state index contributed by atoms with van der Waals surface area (Å²) >= 11 is 5.91. The van der Waals surface area contributed by atoms with Gasteiger partial charge in [0, 0.05) is 29.7 Å². The van der Waals surface area contributed by atoms with Crippen LogP contribution in [0.2, 0.25) is 5.02 Å². The molecule has 5 nitrogen and oxygen atoms in total. The summed E-state index contributed by atoms with van der Waals surface area (Å²) in [4.78, 5) is 8.94. The first-order valence-corrected chi connectivity index (χ1v) is 8.25. The van der Waals surface area contributed by atoms with E-state index in [9.17, 15) is 0 Å². The Hall–Kier alpha value is -2.14. The zero-order chi connectivity index (χ0) is 16.2. The number of hydrogen-bond donors (Lipinski definition) is 1. The lowest BCUT2D eigenvalue weighted by Gasteiger charge is -2.08. The van der Waals surface area contributed by atoms with Crippen molar-refractivity contribution in [3.05, 3.63) is 52.4 Å². The van der Waals surface area contributed by atoms with Gasteiger partial charge in [-0.25, -0.2) is 4.98 Å². The van der Waals surface area contributed by atoms with Gasteiger partial charge in [0.2, 0.25) is 0 Å². The van der Waals surface area contributed by atoms with Gasteiger partial charge >= 0.3 is 0 Å². The van der Waals surface area contributed by atoms with Gasteiger partial charge in [-0.15, -0.1) is 5.10 Å². The molecule has 0 saturated carbocycles. The maximum atomic E-state index is 5.91. The molecular weight excluding hydrogens is 310 g/mol. The van der Waals surface area contributed by atoms with Gasteiger partial charge in [0.25, 0.3) is 5.78 Å². The number of hydrogen-bond acceptors (Lipinski definition) is 4. The number of rotatable bonds is 6. The SMILES string of the molecule is CCCc1nc2nc(C)cc(NCCc3ccc(Cl)cc3)n2n1. The molecule has 120 valence electrons. The molecule has 0 unspecified atom stereocenters. The van der Waals surface area contributed by atoms with Crippen molar-refractivity contribution in [3.8, 4) is 0 Å². The molecule has 3 rings (SSSR count).